The number of imide groups is 1. The topological polar surface area (TPSA) is 49.9 Å². The first-order valence-electron chi connectivity index (χ1n) is 11.4. The first-order chi connectivity index (χ1) is 14.6. The maximum absolute atomic E-state index is 12.6. The number of benzene rings is 1. The summed E-state index contributed by atoms with van der Waals surface area (Å²) in [5.74, 6) is 1.09. The Morgan fingerprint density at radius 3 is 2.37 bits per heavy atom. The van der Waals surface area contributed by atoms with Crippen LogP contribution in [0.25, 0.3) is 0 Å². The van der Waals surface area contributed by atoms with E-state index in [4.69, 9.17) is 4.74 Å². The number of rotatable bonds is 5. The molecule has 1 unspecified atom stereocenters. The standard InChI is InChI=1S/C25H32N2O3/c1-30-24-19-9-3-2-8-18(19)20-16-26(17-21(20)24)12-6-7-13-27-22(28)14-25(15-23(27)29)10-4-5-11-25/h2-3,6-9,20-21,24H,4-5,10-17H2,1H3/t20-,21-,24?/m1/s1. The maximum Gasteiger partial charge on any atom is 0.230 e. The molecule has 1 spiro atoms. The van der Waals surface area contributed by atoms with Crippen molar-refractivity contribution in [3.8, 4) is 0 Å². The highest BCUT2D eigenvalue weighted by atomic mass is 16.5. The van der Waals surface area contributed by atoms with Crippen LogP contribution in [0.5, 0.6) is 0 Å². The van der Waals surface area contributed by atoms with Gasteiger partial charge in [0, 0.05) is 58.0 Å². The van der Waals surface area contributed by atoms with Crippen LogP contribution in [0, 0.1) is 11.3 Å². The summed E-state index contributed by atoms with van der Waals surface area (Å²) in [6.07, 6.45) is 9.81. The molecule has 2 aliphatic heterocycles. The van der Waals surface area contributed by atoms with Gasteiger partial charge in [-0.2, -0.15) is 0 Å². The molecular weight excluding hydrogens is 376 g/mol. The van der Waals surface area contributed by atoms with E-state index in [1.807, 2.05) is 13.2 Å². The van der Waals surface area contributed by atoms with Crippen molar-refractivity contribution >= 4 is 11.8 Å². The molecule has 3 atom stereocenters. The van der Waals surface area contributed by atoms with E-state index in [2.05, 4.69) is 35.2 Å². The van der Waals surface area contributed by atoms with Gasteiger partial charge in [-0.3, -0.25) is 19.4 Å². The van der Waals surface area contributed by atoms with Crippen LogP contribution < -0.4 is 0 Å². The molecule has 5 rings (SSSR count). The minimum atomic E-state index is -0.0180. The summed E-state index contributed by atoms with van der Waals surface area (Å²) in [4.78, 5) is 29.1. The molecule has 1 aromatic rings. The number of amides is 2. The van der Waals surface area contributed by atoms with E-state index in [-0.39, 0.29) is 23.3 Å². The van der Waals surface area contributed by atoms with Gasteiger partial charge in [0.1, 0.15) is 0 Å². The van der Waals surface area contributed by atoms with Gasteiger partial charge in [0.25, 0.3) is 0 Å². The summed E-state index contributed by atoms with van der Waals surface area (Å²) >= 11 is 0. The normalized spacial score (nSPS) is 30.6. The molecule has 2 amide bonds. The highest BCUT2D eigenvalue weighted by Gasteiger charge is 2.46. The second kappa shape index (κ2) is 7.93. The smallest absolute Gasteiger partial charge is 0.230 e. The Bertz CT molecular complexity index is 838. The number of ether oxygens (including phenoxy) is 1. The lowest BCUT2D eigenvalue weighted by atomic mass is 9.76. The van der Waals surface area contributed by atoms with Crippen molar-refractivity contribution in [3.05, 3.63) is 47.5 Å². The molecule has 5 heteroatoms. The number of piperidine rings is 1. The van der Waals surface area contributed by atoms with Gasteiger partial charge in [-0.15, -0.1) is 0 Å². The third-order valence-electron chi connectivity index (χ3n) is 7.92. The number of hydrogen-bond donors (Lipinski definition) is 0. The van der Waals surface area contributed by atoms with E-state index in [0.29, 0.717) is 31.2 Å². The Balaban J connectivity index is 1.15. The van der Waals surface area contributed by atoms with Crippen LogP contribution in [0.4, 0.5) is 0 Å². The van der Waals surface area contributed by atoms with E-state index in [1.54, 1.807) is 0 Å². The predicted octanol–water partition coefficient (Wildman–Crippen LogP) is 3.67. The molecule has 5 nitrogen and oxygen atoms in total. The Morgan fingerprint density at radius 2 is 1.67 bits per heavy atom. The van der Waals surface area contributed by atoms with E-state index in [1.165, 1.54) is 16.0 Å². The fourth-order valence-electron chi connectivity index (χ4n) is 6.46. The van der Waals surface area contributed by atoms with Gasteiger partial charge in [-0.05, 0) is 29.4 Å². The van der Waals surface area contributed by atoms with Crippen molar-refractivity contribution in [1.82, 2.24) is 9.80 Å². The van der Waals surface area contributed by atoms with Crippen molar-refractivity contribution in [3.63, 3.8) is 0 Å². The summed E-state index contributed by atoms with van der Waals surface area (Å²) in [6.45, 7) is 3.33. The fourth-order valence-corrected chi connectivity index (χ4v) is 6.46. The number of nitrogens with zero attached hydrogens (tertiary/aromatic N) is 2. The van der Waals surface area contributed by atoms with Crippen LogP contribution in [-0.2, 0) is 14.3 Å². The van der Waals surface area contributed by atoms with Crippen LogP contribution >= 0.6 is 0 Å². The third kappa shape index (κ3) is 3.42. The number of methoxy groups -OCH3 is 1. The van der Waals surface area contributed by atoms with Gasteiger partial charge >= 0.3 is 0 Å². The second-order valence-corrected chi connectivity index (χ2v) is 9.70. The largest absolute Gasteiger partial charge is 0.376 e. The van der Waals surface area contributed by atoms with E-state index in [9.17, 15) is 9.59 Å². The zero-order valence-electron chi connectivity index (χ0n) is 17.9. The number of carbonyl (C=O) groups is 2. The first kappa shape index (κ1) is 20.0. The molecule has 30 heavy (non-hydrogen) atoms. The number of fused-ring (bicyclic) bond motifs is 3. The van der Waals surface area contributed by atoms with Crippen molar-refractivity contribution in [2.24, 2.45) is 11.3 Å². The van der Waals surface area contributed by atoms with E-state index < -0.39 is 0 Å². The van der Waals surface area contributed by atoms with Gasteiger partial charge < -0.3 is 4.74 Å². The van der Waals surface area contributed by atoms with Gasteiger partial charge in [0.05, 0.1) is 6.10 Å². The van der Waals surface area contributed by atoms with Crippen LogP contribution in [0.1, 0.15) is 61.7 Å². The quantitative estimate of drug-likeness (QED) is 0.551. The van der Waals surface area contributed by atoms with Crippen molar-refractivity contribution in [2.75, 3.05) is 33.3 Å². The molecule has 1 saturated carbocycles. The molecule has 3 fully saturated rings. The minimum absolute atomic E-state index is 0.0180. The summed E-state index contributed by atoms with van der Waals surface area (Å²) in [5, 5.41) is 0. The molecule has 0 bridgehead atoms. The second-order valence-electron chi connectivity index (χ2n) is 9.70. The third-order valence-corrected chi connectivity index (χ3v) is 7.92. The predicted molar refractivity (Wildman–Crippen MR) is 115 cm³/mol. The van der Waals surface area contributed by atoms with Crippen LogP contribution in [-0.4, -0.2) is 54.9 Å². The average molecular weight is 409 g/mol. The van der Waals surface area contributed by atoms with Crippen LogP contribution in [0.15, 0.2) is 36.4 Å². The highest BCUT2D eigenvalue weighted by molar-refractivity contribution is 5.98. The van der Waals surface area contributed by atoms with Gasteiger partial charge in [0.15, 0.2) is 0 Å². The summed E-state index contributed by atoms with van der Waals surface area (Å²) in [6, 6.07) is 8.67. The van der Waals surface area contributed by atoms with Crippen molar-refractivity contribution in [1.29, 1.82) is 0 Å². The molecule has 2 heterocycles. The van der Waals surface area contributed by atoms with Crippen LogP contribution in [0.2, 0.25) is 0 Å². The molecule has 0 radical (unpaired) electrons. The molecular formula is C25H32N2O3. The molecule has 1 aromatic carbocycles. The lowest BCUT2D eigenvalue weighted by molar-refractivity contribution is -0.152. The molecule has 2 saturated heterocycles. The van der Waals surface area contributed by atoms with Crippen LogP contribution in [0.3, 0.4) is 0 Å². The van der Waals surface area contributed by atoms with Gasteiger partial charge in [-0.1, -0.05) is 49.3 Å². The zero-order chi connectivity index (χ0) is 20.7. The Hall–Kier alpha value is -1.98. The Labute approximate surface area is 179 Å². The summed E-state index contributed by atoms with van der Waals surface area (Å²) in [5.41, 5.74) is 2.77. The molecule has 160 valence electrons. The van der Waals surface area contributed by atoms with E-state index in [0.717, 1.165) is 45.3 Å². The minimum Gasteiger partial charge on any atom is -0.376 e. The lowest BCUT2D eigenvalue weighted by Gasteiger charge is -2.36. The highest BCUT2D eigenvalue weighted by Crippen LogP contribution is 2.50. The van der Waals surface area contributed by atoms with Gasteiger partial charge in [0.2, 0.25) is 11.8 Å². The number of hydrogen-bond acceptors (Lipinski definition) is 4. The molecule has 4 aliphatic rings. The monoisotopic (exact) mass is 408 g/mol. The average Bonchev–Trinajstić information content (AvgIpc) is 3.41. The van der Waals surface area contributed by atoms with E-state index >= 15 is 0 Å². The SMILES string of the molecule is COC1c2ccccc2[C@H]2CN(CC=CCN3C(=O)CC4(CCCC4)CC3=O)C[C@@H]12. The van der Waals surface area contributed by atoms with Gasteiger partial charge in [-0.25, -0.2) is 0 Å². The molecule has 2 aliphatic carbocycles. The first-order valence-corrected chi connectivity index (χ1v) is 11.4. The van der Waals surface area contributed by atoms with Crippen molar-refractivity contribution in [2.45, 2.75) is 50.5 Å². The lowest BCUT2D eigenvalue weighted by Crippen LogP contribution is -2.47. The number of likely N-dealkylation sites (tertiary alicyclic amines) is 2. The Kier molecular flexibility index (Phi) is 5.28. The number of carbonyl (C=O) groups excluding carboxylic acids is 2. The molecule has 0 aromatic heterocycles. The maximum atomic E-state index is 12.6. The fraction of sp³-hybridized carbons (Fsp3) is 0.600. The Morgan fingerprint density at radius 1 is 1.00 bits per heavy atom. The molecule has 0 N–H and O–H groups in total. The van der Waals surface area contributed by atoms with Crippen molar-refractivity contribution < 1.29 is 14.3 Å². The summed E-state index contributed by atoms with van der Waals surface area (Å²) in [7, 11) is 1.81. The zero-order valence-corrected chi connectivity index (χ0v) is 17.9. The summed E-state index contributed by atoms with van der Waals surface area (Å²) < 4.78 is 5.84.